The van der Waals surface area contributed by atoms with Crippen molar-refractivity contribution in [3.05, 3.63) is 46.5 Å². The third-order valence-electron chi connectivity index (χ3n) is 4.24. The van der Waals surface area contributed by atoms with Crippen molar-refractivity contribution in [3.8, 4) is 12.1 Å². The average molecular weight is 394 g/mol. The molecule has 7 heteroatoms. The van der Waals surface area contributed by atoms with Crippen LogP contribution in [0.25, 0.3) is 0 Å². The molecule has 0 bridgehead atoms. The number of hydrogen-bond donors (Lipinski definition) is 2. The first kappa shape index (κ1) is 21.3. The molecule has 1 aromatic carbocycles. The van der Waals surface area contributed by atoms with Gasteiger partial charge in [0.05, 0.1) is 16.9 Å². The van der Waals surface area contributed by atoms with Crippen LogP contribution < -0.4 is 11.1 Å². The minimum absolute atomic E-state index is 0.0525. The van der Waals surface area contributed by atoms with E-state index in [1.807, 2.05) is 30.3 Å². The molecule has 0 atom stereocenters. The first-order chi connectivity index (χ1) is 13.3. The van der Waals surface area contributed by atoms with E-state index in [1.54, 1.807) is 0 Å². The van der Waals surface area contributed by atoms with Crippen LogP contribution >= 0.6 is 11.8 Å². The summed E-state index contributed by atoms with van der Waals surface area (Å²) in [6.45, 7) is 8.36. The van der Waals surface area contributed by atoms with Crippen LogP contribution in [0.1, 0.15) is 61.8 Å². The van der Waals surface area contributed by atoms with Crippen molar-refractivity contribution in [2.45, 2.75) is 44.6 Å². The molecule has 0 spiro atoms. The molecule has 1 aromatic heterocycles. The number of amides is 1. The highest BCUT2D eigenvalue weighted by molar-refractivity contribution is 8.00. The Hall–Kier alpha value is -3.03. The summed E-state index contributed by atoms with van der Waals surface area (Å²) in [7, 11) is 0. The molecule has 0 fully saturated rings. The standard InChI is InChI=1S/C21H23N5OS/c1-12(2)16-6-5-7-17(13(3)4)19(16)25-18(27)11-28-21-15(10-23)8-14(9-22)20(24)26-21/h5-8,12-13H,11H2,1-4H3,(H2,24,26)(H,25,27). The summed E-state index contributed by atoms with van der Waals surface area (Å²) in [6, 6.07) is 11.4. The van der Waals surface area contributed by atoms with E-state index in [4.69, 9.17) is 11.0 Å². The number of thioether (sulfide) groups is 1. The molecule has 28 heavy (non-hydrogen) atoms. The number of nitrogens with two attached hydrogens (primary N) is 1. The summed E-state index contributed by atoms with van der Waals surface area (Å²) < 4.78 is 0. The largest absolute Gasteiger partial charge is 0.383 e. The molecule has 144 valence electrons. The fourth-order valence-corrected chi connectivity index (χ4v) is 3.56. The normalized spacial score (nSPS) is 10.6. The summed E-state index contributed by atoms with van der Waals surface area (Å²) in [4.78, 5) is 16.7. The van der Waals surface area contributed by atoms with Gasteiger partial charge in [-0.25, -0.2) is 4.98 Å². The van der Waals surface area contributed by atoms with Crippen LogP contribution in [-0.2, 0) is 4.79 Å². The van der Waals surface area contributed by atoms with Gasteiger partial charge in [0.25, 0.3) is 0 Å². The van der Waals surface area contributed by atoms with Crippen LogP contribution in [0.2, 0.25) is 0 Å². The number of carbonyl (C=O) groups is 1. The van der Waals surface area contributed by atoms with E-state index < -0.39 is 0 Å². The Kier molecular flexibility index (Phi) is 7.03. The zero-order valence-electron chi connectivity index (χ0n) is 16.4. The van der Waals surface area contributed by atoms with Crippen molar-refractivity contribution in [3.63, 3.8) is 0 Å². The second-order valence-corrected chi connectivity index (χ2v) is 7.92. The molecule has 1 amide bonds. The van der Waals surface area contributed by atoms with Crippen LogP contribution in [0.5, 0.6) is 0 Å². The van der Waals surface area contributed by atoms with Gasteiger partial charge in [-0.3, -0.25) is 4.79 Å². The molecular weight excluding hydrogens is 370 g/mol. The van der Waals surface area contributed by atoms with E-state index >= 15 is 0 Å². The Balaban J connectivity index is 2.22. The van der Waals surface area contributed by atoms with Gasteiger partial charge in [0.1, 0.15) is 23.0 Å². The van der Waals surface area contributed by atoms with Crippen LogP contribution in [-0.4, -0.2) is 16.6 Å². The number of pyridine rings is 1. The van der Waals surface area contributed by atoms with Gasteiger partial charge in [-0.15, -0.1) is 0 Å². The Morgan fingerprint density at radius 1 is 1.14 bits per heavy atom. The van der Waals surface area contributed by atoms with Crippen molar-refractivity contribution in [1.82, 2.24) is 4.98 Å². The third kappa shape index (κ3) is 4.82. The number of aromatic nitrogens is 1. The average Bonchev–Trinajstić information content (AvgIpc) is 2.66. The Morgan fingerprint density at radius 3 is 2.21 bits per heavy atom. The van der Waals surface area contributed by atoms with Gasteiger partial charge in [-0.05, 0) is 29.0 Å². The Morgan fingerprint density at radius 2 is 1.71 bits per heavy atom. The quantitative estimate of drug-likeness (QED) is 0.703. The topological polar surface area (TPSA) is 116 Å². The maximum absolute atomic E-state index is 12.6. The molecule has 0 saturated heterocycles. The first-order valence-electron chi connectivity index (χ1n) is 8.94. The van der Waals surface area contributed by atoms with E-state index in [2.05, 4.69) is 38.0 Å². The predicted molar refractivity (Wildman–Crippen MR) is 112 cm³/mol. The zero-order valence-corrected chi connectivity index (χ0v) is 17.2. The van der Waals surface area contributed by atoms with Crippen LogP contribution in [0.3, 0.4) is 0 Å². The highest BCUT2D eigenvalue weighted by atomic mass is 32.2. The van der Waals surface area contributed by atoms with Gasteiger partial charge in [-0.1, -0.05) is 57.7 Å². The number of para-hydroxylation sites is 1. The van der Waals surface area contributed by atoms with Crippen LogP contribution in [0.15, 0.2) is 29.3 Å². The number of benzene rings is 1. The summed E-state index contributed by atoms with van der Waals surface area (Å²) >= 11 is 1.13. The molecule has 0 saturated carbocycles. The van der Waals surface area contributed by atoms with Crippen molar-refractivity contribution >= 4 is 29.2 Å². The van der Waals surface area contributed by atoms with E-state index in [0.29, 0.717) is 5.03 Å². The summed E-state index contributed by atoms with van der Waals surface area (Å²) in [5.41, 5.74) is 9.14. The van der Waals surface area contributed by atoms with Gasteiger partial charge in [0.15, 0.2) is 0 Å². The summed E-state index contributed by atoms with van der Waals surface area (Å²) in [5.74, 6) is 0.487. The SMILES string of the molecule is CC(C)c1cccc(C(C)C)c1NC(=O)CSc1nc(N)c(C#N)cc1C#N. The molecule has 2 aromatic rings. The van der Waals surface area contributed by atoms with E-state index in [1.165, 1.54) is 6.07 Å². The first-order valence-corrected chi connectivity index (χ1v) is 9.93. The smallest absolute Gasteiger partial charge is 0.234 e. The molecule has 0 aliphatic carbocycles. The highest BCUT2D eigenvalue weighted by Crippen LogP contribution is 2.33. The monoisotopic (exact) mass is 393 g/mol. The molecule has 0 radical (unpaired) electrons. The van der Waals surface area contributed by atoms with Gasteiger partial charge in [-0.2, -0.15) is 10.5 Å². The van der Waals surface area contributed by atoms with Crippen molar-refractivity contribution in [2.24, 2.45) is 0 Å². The minimum Gasteiger partial charge on any atom is -0.383 e. The molecule has 6 nitrogen and oxygen atoms in total. The maximum atomic E-state index is 12.6. The number of nitrogen functional groups attached to an aromatic ring is 1. The van der Waals surface area contributed by atoms with Gasteiger partial charge in [0.2, 0.25) is 5.91 Å². The number of nitrogens with zero attached hydrogens (tertiary/aromatic N) is 3. The molecular formula is C21H23N5OS. The van der Waals surface area contributed by atoms with Crippen molar-refractivity contribution in [1.29, 1.82) is 10.5 Å². The number of nitriles is 2. The lowest BCUT2D eigenvalue weighted by atomic mass is 9.92. The number of nitrogens with one attached hydrogen (secondary N) is 1. The predicted octanol–water partition coefficient (Wildman–Crippen LogP) is 4.38. The number of anilines is 2. The molecule has 1 heterocycles. The van der Waals surface area contributed by atoms with E-state index in [0.717, 1.165) is 28.6 Å². The Bertz CT molecular complexity index is 944. The summed E-state index contributed by atoms with van der Waals surface area (Å²) in [5, 5.41) is 21.6. The molecule has 0 unspecified atom stereocenters. The van der Waals surface area contributed by atoms with Crippen LogP contribution in [0.4, 0.5) is 11.5 Å². The minimum atomic E-state index is -0.186. The lowest BCUT2D eigenvalue weighted by Crippen LogP contribution is -2.18. The maximum Gasteiger partial charge on any atom is 0.234 e. The van der Waals surface area contributed by atoms with Gasteiger partial charge < -0.3 is 11.1 Å². The second kappa shape index (κ2) is 9.25. The molecule has 2 rings (SSSR count). The fraction of sp³-hybridized carbons (Fsp3) is 0.333. The molecule has 0 aliphatic heterocycles. The highest BCUT2D eigenvalue weighted by Gasteiger charge is 2.17. The van der Waals surface area contributed by atoms with Crippen molar-refractivity contribution < 1.29 is 4.79 Å². The van der Waals surface area contributed by atoms with Crippen LogP contribution in [0, 0.1) is 22.7 Å². The van der Waals surface area contributed by atoms with Gasteiger partial charge >= 0.3 is 0 Å². The lowest BCUT2D eigenvalue weighted by Gasteiger charge is -2.20. The Labute approximate surface area is 169 Å². The summed E-state index contributed by atoms with van der Waals surface area (Å²) in [6.07, 6.45) is 0. The molecule has 0 aliphatic rings. The van der Waals surface area contributed by atoms with E-state index in [-0.39, 0.29) is 40.4 Å². The van der Waals surface area contributed by atoms with Crippen molar-refractivity contribution in [2.75, 3.05) is 16.8 Å². The zero-order chi connectivity index (χ0) is 20.8. The second-order valence-electron chi connectivity index (χ2n) is 6.96. The lowest BCUT2D eigenvalue weighted by molar-refractivity contribution is -0.113. The van der Waals surface area contributed by atoms with E-state index in [9.17, 15) is 10.1 Å². The van der Waals surface area contributed by atoms with Gasteiger partial charge in [0, 0.05) is 5.69 Å². The number of hydrogen-bond acceptors (Lipinski definition) is 6. The molecule has 3 N–H and O–H groups in total. The fourth-order valence-electron chi connectivity index (χ4n) is 2.79. The third-order valence-corrected chi connectivity index (χ3v) is 5.23. The number of carbonyl (C=O) groups excluding carboxylic acids is 1. The number of rotatable bonds is 6.